The van der Waals surface area contributed by atoms with E-state index in [0.717, 1.165) is 6.07 Å². The Bertz CT molecular complexity index is 272. The van der Waals surface area contributed by atoms with Gasteiger partial charge in [-0.2, -0.15) is 0 Å². The maximum Gasteiger partial charge on any atom is 0.0893 e. The molecule has 0 aromatic heterocycles. The summed E-state index contributed by atoms with van der Waals surface area (Å²) in [5.74, 6) is -10.0. The number of hydrogen-bond donors (Lipinski definition) is 0. The van der Waals surface area contributed by atoms with Gasteiger partial charge in [0.05, 0.1) is 29.1 Å². The molecule has 0 saturated carbocycles. The van der Waals surface area contributed by atoms with Crippen LogP contribution in [0.15, 0.2) is 0 Å². The average molecular weight is 357 g/mol. The summed E-state index contributed by atoms with van der Waals surface area (Å²) in [5, 5.41) is 0. The number of halogens is 5. The van der Waals surface area contributed by atoms with Crippen LogP contribution in [-0.4, -0.2) is 0 Å². The third-order valence-electron chi connectivity index (χ3n) is 0.990. The van der Waals surface area contributed by atoms with E-state index in [2.05, 4.69) is 0 Å². The molecule has 0 N–H and O–H groups in total. The molecule has 0 aliphatic carbocycles. The van der Waals surface area contributed by atoms with Crippen LogP contribution in [-0.2, 0) is 19.8 Å². The van der Waals surface area contributed by atoms with Crippen molar-refractivity contribution >= 4 is 0 Å². The Labute approximate surface area is 77.4 Å². The fourth-order valence-electron chi connectivity index (χ4n) is 0.495. The predicted molar refractivity (Wildman–Crippen MR) is 25.1 cm³/mol. The van der Waals surface area contributed by atoms with E-state index in [1.54, 1.807) is 0 Å². The largest absolute Gasteiger partial charge is 0.278 e. The van der Waals surface area contributed by atoms with Crippen molar-refractivity contribution in [1.29, 1.82) is 0 Å². The minimum Gasteiger partial charge on any atom is -0.278 e. The Hall–Kier alpha value is -0.494. The molecule has 6 heteroatoms. The molecule has 0 unspecified atom stereocenters. The summed E-state index contributed by atoms with van der Waals surface area (Å²) in [5.41, 5.74) is 0. The van der Waals surface area contributed by atoms with Gasteiger partial charge >= 0.3 is 0 Å². The van der Waals surface area contributed by atoms with Gasteiger partial charge in [0, 0.05) is 19.8 Å². The van der Waals surface area contributed by atoms with Gasteiger partial charge in [0.25, 0.3) is 0 Å². The molecule has 0 bridgehead atoms. The Morgan fingerprint density at radius 2 is 1.00 bits per heavy atom. The Morgan fingerprint density at radius 3 is 1.33 bits per heavy atom. The van der Waals surface area contributed by atoms with Gasteiger partial charge in [-0.1, -0.05) is 0 Å². The third kappa shape index (κ3) is 1.81. The molecule has 0 aliphatic rings. The van der Waals surface area contributed by atoms with E-state index < -0.39 is 29.1 Å². The van der Waals surface area contributed by atoms with E-state index >= 15 is 0 Å². The molecular formula is C6F5Os-. The molecule has 0 aliphatic heterocycles. The van der Waals surface area contributed by atoms with Gasteiger partial charge < -0.3 is 0 Å². The molecule has 68 valence electrons. The van der Waals surface area contributed by atoms with Crippen molar-refractivity contribution in [1.82, 2.24) is 0 Å². The van der Waals surface area contributed by atoms with Gasteiger partial charge in [0.15, 0.2) is 0 Å². The fraction of sp³-hybridized carbons (Fsp3) is 0. The van der Waals surface area contributed by atoms with E-state index in [9.17, 15) is 22.0 Å². The molecule has 1 aromatic rings. The maximum atomic E-state index is 12.0. The predicted octanol–water partition coefficient (Wildman–Crippen LogP) is 2.18. The fourth-order valence-corrected chi connectivity index (χ4v) is 0.495. The quantitative estimate of drug-likeness (QED) is 0.289. The zero-order valence-electron chi connectivity index (χ0n) is 5.24. The second-order valence-electron chi connectivity index (χ2n) is 1.69. The van der Waals surface area contributed by atoms with Crippen molar-refractivity contribution in [3.05, 3.63) is 35.2 Å². The third-order valence-corrected chi connectivity index (χ3v) is 0.990. The van der Waals surface area contributed by atoms with Gasteiger partial charge in [0.2, 0.25) is 0 Å². The van der Waals surface area contributed by atoms with Crippen LogP contribution in [0.5, 0.6) is 0 Å². The second kappa shape index (κ2) is 3.95. The van der Waals surface area contributed by atoms with E-state index in [1.165, 1.54) is 0 Å². The topological polar surface area (TPSA) is 0 Å². The Morgan fingerprint density at radius 1 is 0.667 bits per heavy atom. The molecule has 1 aromatic carbocycles. The molecule has 1 rings (SSSR count). The van der Waals surface area contributed by atoms with Crippen LogP contribution in [0.1, 0.15) is 0 Å². The van der Waals surface area contributed by atoms with Crippen LogP contribution in [0.2, 0.25) is 0 Å². The van der Waals surface area contributed by atoms with E-state index in [1.807, 2.05) is 0 Å². The van der Waals surface area contributed by atoms with E-state index in [4.69, 9.17) is 0 Å². The number of rotatable bonds is 0. The standard InChI is InChI=1S/C6F5.Os/c7-2-1-3(8)5(10)6(11)4(2)9;/q-1;. The number of hydrogen-bond acceptors (Lipinski definition) is 0. The molecule has 0 fully saturated rings. The molecule has 0 saturated heterocycles. The first-order chi connectivity index (χ1) is 5.04. The molecule has 0 radical (unpaired) electrons. The van der Waals surface area contributed by atoms with E-state index in [-0.39, 0.29) is 19.8 Å². The summed E-state index contributed by atoms with van der Waals surface area (Å²) in [6, 6.07) is 1.02. The molecule has 0 atom stereocenters. The molecule has 0 heterocycles. The molecule has 0 nitrogen and oxygen atoms in total. The molecule has 0 amide bonds. The summed E-state index contributed by atoms with van der Waals surface area (Å²) in [4.78, 5) is 0. The SMILES string of the molecule is Fc1[c-]c(F)c(F)c(F)c1F.[Os]. The molecular weight excluding hydrogens is 357 g/mol. The van der Waals surface area contributed by atoms with E-state index in [0.29, 0.717) is 0 Å². The monoisotopic (exact) mass is 359 g/mol. The first-order valence-corrected chi connectivity index (χ1v) is 2.44. The minimum absolute atomic E-state index is 0. The first-order valence-electron chi connectivity index (χ1n) is 2.44. The zero-order chi connectivity index (χ0) is 8.59. The van der Waals surface area contributed by atoms with Crippen molar-refractivity contribution in [3.8, 4) is 0 Å². The van der Waals surface area contributed by atoms with Crippen molar-refractivity contribution in [3.63, 3.8) is 0 Å². The van der Waals surface area contributed by atoms with Crippen LogP contribution >= 0.6 is 0 Å². The zero-order valence-corrected chi connectivity index (χ0v) is 7.78. The van der Waals surface area contributed by atoms with Crippen LogP contribution in [0.4, 0.5) is 22.0 Å². The van der Waals surface area contributed by atoms with Crippen LogP contribution < -0.4 is 0 Å². The van der Waals surface area contributed by atoms with Gasteiger partial charge in [-0.3, -0.25) is 8.78 Å². The van der Waals surface area contributed by atoms with Gasteiger partial charge in [-0.25, -0.2) is 13.2 Å². The van der Waals surface area contributed by atoms with Gasteiger partial charge in [-0.05, 0) is 0 Å². The maximum absolute atomic E-state index is 12.0. The average Bonchev–Trinajstić information content (AvgIpc) is 1.97. The van der Waals surface area contributed by atoms with Crippen molar-refractivity contribution in [2.24, 2.45) is 0 Å². The Kier molecular flexibility index (Phi) is 3.79. The summed E-state index contributed by atoms with van der Waals surface area (Å²) in [6.45, 7) is 0. The van der Waals surface area contributed by atoms with Crippen LogP contribution in [0, 0.1) is 35.2 Å². The van der Waals surface area contributed by atoms with Gasteiger partial charge in [0.1, 0.15) is 0 Å². The normalized spacial score (nSPS) is 9.42. The first kappa shape index (κ1) is 11.5. The summed E-state index contributed by atoms with van der Waals surface area (Å²) < 4.78 is 59.9. The van der Waals surface area contributed by atoms with Crippen molar-refractivity contribution in [2.75, 3.05) is 0 Å². The molecule has 12 heavy (non-hydrogen) atoms. The smallest absolute Gasteiger partial charge is 0.0893 e. The minimum atomic E-state index is -2.17. The van der Waals surface area contributed by atoms with Gasteiger partial charge in [-0.15, -0.1) is 6.07 Å². The molecule has 0 spiro atoms. The summed E-state index contributed by atoms with van der Waals surface area (Å²) >= 11 is 0. The number of benzene rings is 1. The van der Waals surface area contributed by atoms with Crippen molar-refractivity contribution < 1.29 is 41.7 Å². The van der Waals surface area contributed by atoms with Crippen LogP contribution in [0.3, 0.4) is 0 Å². The van der Waals surface area contributed by atoms with Crippen LogP contribution in [0.25, 0.3) is 0 Å². The second-order valence-corrected chi connectivity index (χ2v) is 1.69. The summed E-state index contributed by atoms with van der Waals surface area (Å²) in [6.07, 6.45) is 0. The summed E-state index contributed by atoms with van der Waals surface area (Å²) in [7, 11) is 0. The van der Waals surface area contributed by atoms with Crippen molar-refractivity contribution in [2.45, 2.75) is 0 Å². The Balaban J connectivity index is 0.00000121.